The fraction of sp³-hybridized carbons (Fsp3) is 0.579. The van der Waals surface area contributed by atoms with Gasteiger partial charge in [-0.15, -0.1) is 0 Å². The SMILES string of the molecule is CC(C)(CC(=O)O)CC(=O)N1CCC[C@H](c2ccc(F)cc2)CC1. The number of halogens is 1. The van der Waals surface area contributed by atoms with Crippen LogP contribution in [0.4, 0.5) is 4.39 Å². The second-order valence-electron chi connectivity index (χ2n) is 7.47. The second kappa shape index (κ2) is 7.77. The van der Waals surface area contributed by atoms with Crippen LogP contribution in [0.1, 0.15) is 57.4 Å². The minimum Gasteiger partial charge on any atom is -0.481 e. The van der Waals surface area contributed by atoms with E-state index in [0.717, 1.165) is 24.8 Å². The van der Waals surface area contributed by atoms with Gasteiger partial charge < -0.3 is 10.0 Å². The van der Waals surface area contributed by atoms with E-state index < -0.39 is 11.4 Å². The Balaban J connectivity index is 1.93. The summed E-state index contributed by atoms with van der Waals surface area (Å²) in [6.45, 7) is 5.01. The summed E-state index contributed by atoms with van der Waals surface area (Å²) >= 11 is 0. The second-order valence-corrected chi connectivity index (χ2v) is 7.47. The number of likely N-dealkylation sites (tertiary alicyclic amines) is 1. The van der Waals surface area contributed by atoms with Gasteiger partial charge >= 0.3 is 5.97 Å². The average Bonchev–Trinajstić information content (AvgIpc) is 2.72. The number of hydrogen-bond acceptors (Lipinski definition) is 2. The average molecular weight is 335 g/mol. The van der Waals surface area contributed by atoms with Gasteiger partial charge in [0.05, 0.1) is 6.42 Å². The molecule has 0 aliphatic carbocycles. The Kier molecular flexibility index (Phi) is 5.97. The maximum atomic E-state index is 13.1. The molecular weight excluding hydrogens is 309 g/mol. The highest BCUT2D eigenvalue weighted by molar-refractivity contribution is 5.78. The third-order valence-electron chi connectivity index (χ3n) is 4.68. The fourth-order valence-corrected chi connectivity index (χ4v) is 3.41. The van der Waals surface area contributed by atoms with Crippen LogP contribution < -0.4 is 0 Å². The number of amides is 1. The summed E-state index contributed by atoms with van der Waals surface area (Å²) in [5.41, 5.74) is 0.586. The fourth-order valence-electron chi connectivity index (χ4n) is 3.41. The normalized spacial score (nSPS) is 19.0. The van der Waals surface area contributed by atoms with Crippen molar-refractivity contribution in [1.82, 2.24) is 4.90 Å². The predicted molar refractivity (Wildman–Crippen MR) is 90.2 cm³/mol. The Morgan fingerprint density at radius 1 is 1.17 bits per heavy atom. The van der Waals surface area contributed by atoms with Crippen LogP contribution in [-0.2, 0) is 9.59 Å². The quantitative estimate of drug-likeness (QED) is 0.890. The number of aliphatic carboxylic acids is 1. The topological polar surface area (TPSA) is 57.6 Å². The number of carboxylic acids is 1. The van der Waals surface area contributed by atoms with Crippen molar-refractivity contribution in [2.45, 2.75) is 51.9 Å². The van der Waals surface area contributed by atoms with Crippen LogP contribution in [-0.4, -0.2) is 35.0 Å². The zero-order valence-electron chi connectivity index (χ0n) is 14.4. The first-order valence-electron chi connectivity index (χ1n) is 8.52. The summed E-state index contributed by atoms with van der Waals surface area (Å²) in [7, 11) is 0. The number of hydrogen-bond donors (Lipinski definition) is 1. The molecule has 1 fully saturated rings. The number of carbonyl (C=O) groups is 2. The van der Waals surface area contributed by atoms with E-state index in [1.165, 1.54) is 12.1 Å². The van der Waals surface area contributed by atoms with Gasteiger partial charge in [0.25, 0.3) is 0 Å². The van der Waals surface area contributed by atoms with Crippen molar-refractivity contribution >= 4 is 11.9 Å². The van der Waals surface area contributed by atoms with Crippen LogP contribution in [0.3, 0.4) is 0 Å². The lowest BCUT2D eigenvalue weighted by Gasteiger charge is -2.27. The summed E-state index contributed by atoms with van der Waals surface area (Å²) in [5, 5.41) is 8.95. The standard InChI is InChI=1S/C19H26FNO3/c1-19(2,13-18(23)24)12-17(22)21-10-3-4-14(9-11-21)15-5-7-16(20)8-6-15/h5-8,14H,3-4,9-13H2,1-2H3,(H,23,24)/t14-/m0/s1. The molecule has 1 aliphatic rings. The molecule has 1 N–H and O–H groups in total. The van der Waals surface area contributed by atoms with Crippen molar-refractivity contribution in [3.8, 4) is 0 Å². The first kappa shape index (κ1) is 18.4. The van der Waals surface area contributed by atoms with Gasteiger partial charge in [0.1, 0.15) is 5.82 Å². The maximum Gasteiger partial charge on any atom is 0.303 e. The molecule has 1 heterocycles. The predicted octanol–water partition coefficient (Wildman–Crippen LogP) is 3.81. The lowest BCUT2D eigenvalue weighted by molar-refractivity contribution is -0.140. The Morgan fingerprint density at radius 3 is 2.46 bits per heavy atom. The van der Waals surface area contributed by atoms with Gasteiger partial charge in [0, 0.05) is 19.5 Å². The van der Waals surface area contributed by atoms with Gasteiger partial charge in [-0.05, 0) is 48.3 Å². The Hall–Kier alpha value is -1.91. The van der Waals surface area contributed by atoms with E-state index in [1.807, 2.05) is 30.9 Å². The lowest BCUT2D eigenvalue weighted by atomic mass is 9.85. The summed E-state index contributed by atoms with van der Waals surface area (Å²) in [6.07, 6.45) is 2.99. The molecule has 1 aromatic carbocycles. The van der Waals surface area contributed by atoms with E-state index in [0.29, 0.717) is 19.0 Å². The van der Waals surface area contributed by atoms with E-state index in [1.54, 1.807) is 0 Å². The van der Waals surface area contributed by atoms with Crippen molar-refractivity contribution in [1.29, 1.82) is 0 Å². The molecule has 0 spiro atoms. The maximum absolute atomic E-state index is 13.1. The van der Waals surface area contributed by atoms with Crippen LogP contribution in [0.2, 0.25) is 0 Å². The van der Waals surface area contributed by atoms with E-state index in [9.17, 15) is 14.0 Å². The van der Waals surface area contributed by atoms with Crippen LogP contribution in [0, 0.1) is 11.2 Å². The molecule has 2 rings (SSSR count). The highest BCUT2D eigenvalue weighted by atomic mass is 19.1. The van der Waals surface area contributed by atoms with E-state index >= 15 is 0 Å². The molecular formula is C19H26FNO3. The summed E-state index contributed by atoms with van der Waals surface area (Å²) in [4.78, 5) is 25.3. The molecule has 5 heteroatoms. The zero-order valence-corrected chi connectivity index (χ0v) is 14.4. The van der Waals surface area contributed by atoms with Gasteiger partial charge in [0.15, 0.2) is 0 Å². The molecule has 4 nitrogen and oxygen atoms in total. The molecule has 1 amide bonds. The monoisotopic (exact) mass is 335 g/mol. The molecule has 0 saturated carbocycles. The van der Waals surface area contributed by atoms with Crippen molar-refractivity contribution in [3.63, 3.8) is 0 Å². The highest BCUT2D eigenvalue weighted by Crippen LogP contribution is 2.30. The molecule has 0 unspecified atom stereocenters. The van der Waals surface area contributed by atoms with E-state index in [-0.39, 0.29) is 24.6 Å². The number of rotatable bonds is 5. The Bertz CT molecular complexity index is 583. The van der Waals surface area contributed by atoms with Crippen molar-refractivity contribution < 1.29 is 19.1 Å². The van der Waals surface area contributed by atoms with Crippen molar-refractivity contribution in [2.75, 3.05) is 13.1 Å². The van der Waals surface area contributed by atoms with E-state index in [2.05, 4.69) is 0 Å². The third kappa shape index (κ3) is 5.32. The van der Waals surface area contributed by atoms with Crippen LogP contribution in [0.25, 0.3) is 0 Å². The molecule has 0 bridgehead atoms. The minimum absolute atomic E-state index is 0.00914. The number of carboxylic acid groups (broad SMARTS) is 1. The van der Waals surface area contributed by atoms with Gasteiger partial charge in [-0.2, -0.15) is 0 Å². The van der Waals surface area contributed by atoms with Crippen LogP contribution >= 0.6 is 0 Å². The molecule has 1 aromatic rings. The highest BCUT2D eigenvalue weighted by Gasteiger charge is 2.29. The van der Waals surface area contributed by atoms with Crippen LogP contribution in [0.15, 0.2) is 24.3 Å². The van der Waals surface area contributed by atoms with Crippen molar-refractivity contribution in [2.24, 2.45) is 5.41 Å². The summed E-state index contributed by atoms with van der Waals surface area (Å²) in [5.74, 6) is -0.735. The molecule has 1 saturated heterocycles. The molecule has 132 valence electrons. The Morgan fingerprint density at radius 2 is 1.83 bits per heavy atom. The van der Waals surface area contributed by atoms with Gasteiger partial charge in [-0.1, -0.05) is 26.0 Å². The number of carbonyl (C=O) groups excluding carboxylic acids is 1. The van der Waals surface area contributed by atoms with Gasteiger partial charge in [-0.25, -0.2) is 4.39 Å². The number of benzene rings is 1. The first-order chi connectivity index (χ1) is 11.3. The summed E-state index contributed by atoms with van der Waals surface area (Å²) < 4.78 is 13.1. The van der Waals surface area contributed by atoms with Gasteiger partial charge in [-0.3, -0.25) is 9.59 Å². The minimum atomic E-state index is -0.875. The van der Waals surface area contributed by atoms with Crippen molar-refractivity contribution in [3.05, 3.63) is 35.6 Å². The Labute approximate surface area is 142 Å². The summed E-state index contributed by atoms with van der Waals surface area (Å²) in [6, 6.07) is 6.62. The number of nitrogens with zero attached hydrogens (tertiary/aromatic N) is 1. The largest absolute Gasteiger partial charge is 0.481 e. The molecule has 1 aliphatic heterocycles. The molecule has 0 radical (unpaired) electrons. The van der Waals surface area contributed by atoms with Gasteiger partial charge in [0.2, 0.25) is 5.91 Å². The molecule has 24 heavy (non-hydrogen) atoms. The lowest BCUT2D eigenvalue weighted by Crippen LogP contribution is -2.35. The molecule has 0 aromatic heterocycles. The smallest absolute Gasteiger partial charge is 0.303 e. The van der Waals surface area contributed by atoms with E-state index in [4.69, 9.17) is 5.11 Å². The first-order valence-corrected chi connectivity index (χ1v) is 8.52. The zero-order chi connectivity index (χ0) is 17.7. The van der Waals surface area contributed by atoms with Crippen LogP contribution in [0.5, 0.6) is 0 Å². The molecule has 1 atom stereocenters. The third-order valence-corrected chi connectivity index (χ3v) is 4.68.